The molecule has 0 aliphatic carbocycles. The van der Waals surface area contributed by atoms with Gasteiger partial charge in [0, 0.05) is 23.7 Å². The molecule has 2 rings (SSSR count). The first-order chi connectivity index (χ1) is 8.95. The molecule has 2 N–H and O–H groups in total. The van der Waals surface area contributed by atoms with E-state index in [0.29, 0.717) is 16.5 Å². The third-order valence-corrected chi connectivity index (χ3v) is 3.07. The van der Waals surface area contributed by atoms with Crippen LogP contribution in [0.15, 0.2) is 18.3 Å². The topological polar surface area (TPSA) is 79.5 Å². The molecule has 0 unspecified atom stereocenters. The van der Waals surface area contributed by atoms with Gasteiger partial charge in [0.25, 0.3) is 0 Å². The van der Waals surface area contributed by atoms with Crippen LogP contribution in [0.5, 0.6) is 0 Å². The number of carbonyl (C=O) groups excluding carboxylic acids is 1. The first kappa shape index (κ1) is 13.3. The van der Waals surface area contributed by atoms with Crippen molar-refractivity contribution in [3.05, 3.63) is 35.0 Å². The summed E-state index contributed by atoms with van der Waals surface area (Å²) in [6.45, 7) is 3.38. The van der Waals surface area contributed by atoms with Crippen LogP contribution in [-0.4, -0.2) is 33.1 Å². The number of aliphatic hydroxyl groups is 1. The van der Waals surface area contributed by atoms with Crippen LogP contribution < -0.4 is 0 Å². The van der Waals surface area contributed by atoms with Gasteiger partial charge in [-0.3, -0.25) is 4.79 Å². The number of fused-ring (bicyclic) bond motifs is 1. The molecule has 0 aliphatic rings. The summed E-state index contributed by atoms with van der Waals surface area (Å²) in [5.74, 6) is -1.16. The van der Waals surface area contributed by atoms with Crippen molar-refractivity contribution in [3.8, 4) is 0 Å². The number of aryl methyl sites for hydroxylation is 1. The summed E-state index contributed by atoms with van der Waals surface area (Å²) in [4.78, 5) is 23.0. The van der Waals surface area contributed by atoms with Gasteiger partial charge in [-0.15, -0.1) is 0 Å². The van der Waals surface area contributed by atoms with Crippen molar-refractivity contribution in [1.29, 1.82) is 0 Å². The maximum absolute atomic E-state index is 11.6. The summed E-state index contributed by atoms with van der Waals surface area (Å²) in [6.07, 6.45) is 1.61. The molecule has 1 heterocycles. The second-order valence-corrected chi connectivity index (χ2v) is 4.53. The lowest BCUT2D eigenvalue weighted by atomic mass is 10.0. The molecule has 0 amide bonds. The molecule has 5 heteroatoms. The number of aromatic nitrogens is 1. The fourth-order valence-corrected chi connectivity index (χ4v) is 2.31. The molecule has 100 valence electrons. The van der Waals surface area contributed by atoms with E-state index in [1.165, 1.54) is 6.92 Å². The average molecular weight is 261 g/mol. The Hall–Kier alpha value is -2.14. The predicted octanol–water partition coefficient (Wildman–Crippen LogP) is 1.84. The molecular formula is C14H15NO4. The molecular weight excluding hydrogens is 246 g/mol. The lowest BCUT2D eigenvalue weighted by Crippen LogP contribution is -2.05. The highest BCUT2D eigenvalue weighted by Crippen LogP contribution is 2.27. The molecule has 0 saturated heterocycles. The highest BCUT2D eigenvalue weighted by atomic mass is 16.4. The lowest BCUT2D eigenvalue weighted by Gasteiger charge is -2.06. The highest BCUT2D eigenvalue weighted by molar-refractivity contribution is 6.12. The van der Waals surface area contributed by atoms with Gasteiger partial charge in [-0.1, -0.05) is 0 Å². The number of Topliss-reactive ketones (excluding diaryl/α,β-unsaturated/α-hetero) is 1. The van der Waals surface area contributed by atoms with Gasteiger partial charge in [0.05, 0.1) is 17.7 Å². The lowest BCUT2D eigenvalue weighted by molar-refractivity contribution is 0.0698. The third kappa shape index (κ3) is 2.24. The largest absolute Gasteiger partial charge is 0.478 e. The van der Waals surface area contributed by atoms with Crippen molar-refractivity contribution >= 4 is 22.7 Å². The first-order valence-electron chi connectivity index (χ1n) is 5.94. The van der Waals surface area contributed by atoms with Crippen LogP contribution in [0.4, 0.5) is 0 Å². The zero-order valence-corrected chi connectivity index (χ0v) is 10.8. The van der Waals surface area contributed by atoms with E-state index in [1.807, 2.05) is 0 Å². The average Bonchev–Trinajstić information content (AvgIpc) is 2.67. The van der Waals surface area contributed by atoms with Crippen LogP contribution in [0.2, 0.25) is 0 Å². The molecule has 0 fully saturated rings. The Morgan fingerprint density at radius 3 is 2.47 bits per heavy atom. The normalized spacial score (nSPS) is 10.9. The Labute approximate surface area is 110 Å². The predicted molar refractivity (Wildman–Crippen MR) is 70.7 cm³/mol. The van der Waals surface area contributed by atoms with Crippen molar-refractivity contribution in [2.45, 2.75) is 20.4 Å². The molecule has 19 heavy (non-hydrogen) atoms. The zero-order chi connectivity index (χ0) is 14.2. The molecule has 5 nitrogen and oxygen atoms in total. The molecule has 0 bridgehead atoms. The van der Waals surface area contributed by atoms with E-state index in [-0.39, 0.29) is 24.5 Å². The van der Waals surface area contributed by atoms with Crippen LogP contribution in [0.3, 0.4) is 0 Å². The van der Waals surface area contributed by atoms with Gasteiger partial charge in [0.2, 0.25) is 0 Å². The number of hydrogen-bond acceptors (Lipinski definition) is 3. The van der Waals surface area contributed by atoms with E-state index >= 15 is 0 Å². The smallest absolute Gasteiger partial charge is 0.337 e. The highest BCUT2D eigenvalue weighted by Gasteiger charge is 2.18. The first-order valence-corrected chi connectivity index (χ1v) is 5.94. The summed E-state index contributed by atoms with van der Waals surface area (Å²) in [6, 6.07) is 3.37. The van der Waals surface area contributed by atoms with Gasteiger partial charge >= 0.3 is 5.97 Å². The molecule has 2 aromatic rings. The van der Waals surface area contributed by atoms with Gasteiger partial charge < -0.3 is 14.8 Å². The van der Waals surface area contributed by atoms with E-state index in [1.54, 1.807) is 29.8 Å². The number of ketones is 1. The Morgan fingerprint density at radius 1 is 1.26 bits per heavy atom. The fraction of sp³-hybridized carbons (Fsp3) is 0.286. The Morgan fingerprint density at radius 2 is 1.95 bits per heavy atom. The zero-order valence-electron chi connectivity index (χ0n) is 10.8. The summed E-state index contributed by atoms with van der Waals surface area (Å²) < 4.78 is 1.62. The van der Waals surface area contributed by atoms with Crippen molar-refractivity contribution in [2.24, 2.45) is 0 Å². The Kier molecular flexibility index (Phi) is 3.40. The molecule has 1 aromatic carbocycles. The third-order valence-electron chi connectivity index (χ3n) is 3.07. The standard InChI is InChI=1S/C14H15NO4/c1-8-5-10-12(9(2)17)7-15(3-4-16)13(10)11(6-8)14(18)19/h5-7,16H,3-4H2,1-2H3,(H,18,19). The number of aliphatic hydroxyl groups excluding tert-OH is 1. The number of carboxylic acids is 1. The Balaban J connectivity index is 2.89. The van der Waals surface area contributed by atoms with Crippen LogP contribution in [-0.2, 0) is 6.54 Å². The van der Waals surface area contributed by atoms with Crippen LogP contribution in [0.25, 0.3) is 10.9 Å². The quantitative estimate of drug-likeness (QED) is 0.823. The van der Waals surface area contributed by atoms with Gasteiger partial charge in [-0.25, -0.2) is 4.79 Å². The van der Waals surface area contributed by atoms with Crippen LogP contribution in [0.1, 0.15) is 33.2 Å². The SMILES string of the molecule is CC(=O)c1cn(CCO)c2c(C(=O)O)cc(C)cc12. The maximum atomic E-state index is 11.6. The van der Waals surface area contributed by atoms with Crippen LogP contribution >= 0.6 is 0 Å². The Bertz CT molecular complexity index is 670. The minimum Gasteiger partial charge on any atom is -0.478 e. The molecule has 0 atom stereocenters. The second-order valence-electron chi connectivity index (χ2n) is 4.53. The summed E-state index contributed by atoms with van der Waals surface area (Å²) >= 11 is 0. The second kappa shape index (κ2) is 4.85. The number of benzene rings is 1. The molecule has 0 aliphatic heterocycles. The summed E-state index contributed by atoms with van der Waals surface area (Å²) in [7, 11) is 0. The maximum Gasteiger partial charge on any atom is 0.337 e. The van der Waals surface area contributed by atoms with Gasteiger partial charge in [0.15, 0.2) is 5.78 Å². The number of rotatable bonds is 4. The van der Waals surface area contributed by atoms with E-state index in [9.17, 15) is 14.7 Å². The number of carbonyl (C=O) groups is 2. The number of nitrogens with zero attached hydrogens (tertiary/aromatic N) is 1. The van der Waals surface area contributed by atoms with Crippen molar-refractivity contribution in [1.82, 2.24) is 4.57 Å². The molecule has 0 radical (unpaired) electrons. The minimum atomic E-state index is -1.04. The van der Waals surface area contributed by atoms with Crippen molar-refractivity contribution in [3.63, 3.8) is 0 Å². The van der Waals surface area contributed by atoms with Gasteiger partial charge in [-0.05, 0) is 31.5 Å². The van der Waals surface area contributed by atoms with E-state index in [4.69, 9.17) is 5.11 Å². The van der Waals surface area contributed by atoms with E-state index in [0.717, 1.165) is 5.56 Å². The van der Waals surface area contributed by atoms with E-state index in [2.05, 4.69) is 0 Å². The van der Waals surface area contributed by atoms with Crippen molar-refractivity contribution in [2.75, 3.05) is 6.61 Å². The molecule has 0 spiro atoms. The van der Waals surface area contributed by atoms with Crippen molar-refractivity contribution < 1.29 is 19.8 Å². The van der Waals surface area contributed by atoms with Crippen LogP contribution in [0, 0.1) is 6.92 Å². The van der Waals surface area contributed by atoms with Gasteiger partial charge in [-0.2, -0.15) is 0 Å². The fourth-order valence-electron chi connectivity index (χ4n) is 2.31. The number of carboxylic acid groups (broad SMARTS) is 1. The summed E-state index contributed by atoms with van der Waals surface area (Å²) in [5, 5.41) is 19.0. The molecule has 0 saturated carbocycles. The minimum absolute atomic E-state index is 0.117. The molecule has 1 aromatic heterocycles. The number of aromatic carboxylic acids is 1. The monoisotopic (exact) mass is 261 g/mol. The summed E-state index contributed by atoms with van der Waals surface area (Å²) in [5.41, 5.74) is 1.90. The van der Waals surface area contributed by atoms with E-state index < -0.39 is 5.97 Å². The van der Waals surface area contributed by atoms with Gasteiger partial charge in [0.1, 0.15) is 0 Å². The number of hydrogen-bond donors (Lipinski definition) is 2.